The zero-order chi connectivity index (χ0) is 14.1. The minimum Gasteiger partial charge on any atom is -0.506 e. The summed E-state index contributed by atoms with van der Waals surface area (Å²) in [5, 5.41) is 12.5. The molecule has 104 valence electrons. The van der Waals surface area contributed by atoms with Crippen molar-refractivity contribution in [1.82, 2.24) is 0 Å². The number of carbonyl (C=O) groups excluding carboxylic acids is 1. The van der Waals surface area contributed by atoms with Crippen molar-refractivity contribution in [2.75, 3.05) is 12.4 Å². The molecule has 0 unspecified atom stereocenters. The summed E-state index contributed by atoms with van der Waals surface area (Å²) in [6.07, 6.45) is 2.38. The normalized spacial score (nSPS) is 20.4. The highest BCUT2D eigenvalue weighted by Crippen LogP contribution is 2.48. The molecule has 0 aliphatic heterocycles. The lowest BCUT2D eigenvalue weighted by atomic mass is 10.2. The van der Waals surface area contributed by atoms with E-state index in [9.17, 15) is 9.90 Å². The third-order valence-electron chi connectivity index (χ3n) is 3.50. The number of methoxy groups -OCH3 is 1. The predicted octanol–water partition coefficient (Wildman–Crippen LogP) is 2.74. The van der Waals surface area contributed by atoms with Crippen molar-refractivity contribution in [3.05, 3.63) is 42.4 Å². The summed E-state index contributed by atoms with van der Waals surface area (Å²) >= 11 is 0. The predicted molar refractivity (Wildman–Crippen MR) is 72.8 cm³/mol. The van der Waals surface area contributed by atoms with Gasteiger partial charge in [-0.15, -0.1) is 0 Å². The quantitative estimate of drug-likeness (QED) is 0.840. The molecular weight excluding hydrogens is 258 g/mol. The number of amides is 1. The van der Waals surface area contributed by atoms with Gasteiger partial charge in [-0.05, 0) is 30.7 Å². The number of rotatable bonds is 4. The van der Waals surface area contributed by atoms with E-state index < -0.39 is 0 Å². The van der Waals surface area contributed by atoms with Crippen molar-refractivity contribution in [1.29, 1.82) is 0 Å². The summed E-state index contributed by atoms with van der Waals surface area (Å²) in [5.41, 5.74) is 0.361. The Hall–Kier alpha value is -2.43. The van der Waals surface area contributed by atoms with Crippen LogP contribution in [0.15, 0.2) is 41.0 Å². The number of anilines is 1. The molecule has 5 heteroatoms. The molecule has 0 bridgehead atoms. The molecule has 3 rings (SSSR count). The van der Waals surface area contributed by atoms with Gasteiger partial charge in [-0.25, -0.2) is 0 Å². The van der Waals surface area contributed by atoms with E-state index in [-0.39, 0.29) is 23.5 Å². The van der Waals surface area contributed by atoms with E-state index in [1.54, 1.807) is 18.4 Å². The molecule has 1 aliphatic rings. The lowest BCUT2D eigenvalue weighted by molar-refractivity contribution is -0.117. The minimum atomic E-state index is -0.116. The lowest BCUT2D eigenvalue weighted by Crippen LogP contribution is -2.14. The van der Waals surface area contributed by atoms with Gasteiger partial charge in [0.25, 0.3) is 0 Å². The Labute approximate surface area is 116 Å². The Morgan fingerprint density at radius 1 is 1.45 bits per heavy atom. The van der Waals surface area contributed by atoms with E-state index in [0.29, 0.717) is 11.4 Å². The Morgan fingerprint density at radius 3 is 3.00 bits per heavy atom. The number of carbonyl (C=O) groups is 1. The number of nitrogens with one attached hydrogen (secondary N) is 1. The number of ether oxygens (including phenoxy) is 1. The fraction of sp³-hybridized carbons (Fsp3) is 0.267. The van der Waals surface area contributed by atoms with Gasteiger partial charge in [-0.1, -0.05) is 0 Å². The second-order valence-electron chi connectivity index (χ2n) is 4.84. The standard InChI is InChI=1S/C15H15NO4/c1-19-9-4-5-13(17)12(7-9)16-15(18)11-8-10(11)14-3-2-6-20-14/h2-7,10-11,17H,8H2,1H3,(H,16,18)/t10-,11+/m0/s1. The number of phenolic OH excluding ortho intramolecular Hbond substituents is 1. The van der Waals surface area contributed by atoms with Gasteiger partial charge in [-0.3, -0.25) is 4.79 Å². The van der Waals surface area contributed by atoms with Crippen molar-refractivity contribution in [2.24, 2.45) is 5.92 Å². The van der Waals surface area contributed by atoms with E-state index in [1.807, 2.05) is 12.1 Å². The fourth-order valence-corrected chi connectivity index (χ4v) is 2.27. The molecule has 2 N–H and O–H groups in total. The van der Waals surface area contributed by atoms with Crippen LogP contribution in [0.1, 0.15) is 18.1 Å². The maximum absolute atomic E-state index is 12.1. The molecule has 1 heterocycles. The summed E-state index contributed by atoms with van der Waals surface area (Å²) in [6, 6.07) is 8.41. The highest BCUT2D eigenvalue weighted by molar-refractivity contribution is 5.96. The molecule has 0 saturated heterocycles. The summed E-state index contributed by atoms with van der Waals surface area (Å²) in [4.78, 5) is 12.1. The van der Waals surface area contributed by atoms with Crippen molar-refractivity contribution in [3.8, 4) is 11.5 Å². The first-order valence-corrected chi connectivity index (χ1v) is 6.40. The van der Waals surface area contributed by atoms with Crippen LogP contribution in [0, 0.1) is 5.92 Å². The topological polar surface area (TPSA) is 71.7 Å². The van der Waals surface area contributed by atoms with E-state index in [2.05, 4.69) is 5.32 Å². The van der Waals surface area contributed by atoms with Gasteiger partial charge >= 0.3 is 0 Å². The molecule has 0 radical (unpaired) electrons. The van der Waals surface area contributed by atoms with Crippen LogP contribution >= 0.6 is 0 Å². The van der Waals surface area contributed by atoms with Crippen LogP contribution in [0.4, 0.5) is 5.69 Å². The van der Waals surface area contributed by atoms with Crippen LogP contribution in [0.2, 0.25) is 0 Å². The third kappa shape index (κ3) is 2.34. The van der Waals surface area contributed by atoms with Crippen molar-refractivity contribution < 1.29 is 19.1 Å². The highest BCUT2D eigenvalue weighted by Gasteiger charge is 2.45. The fourth-order valence-electron chi connectivity index (χ4n) is 2.27. The van der Waals surface area contributed by atoms with E-state index in [0.717, 1.165) is 12.2 Å². The molecule has 1 aliphatic carbocycles. The number of benzene rings is 1. The zero-order valence-electron chi connectivity index (χ0n) is 11.0. The van der Waals surface area contributed by atoms with E-state index in [4.69, 9.17) is 9.15 Å². The van der Waals surface area contributed by atoms with Gasteiger partial charge in [0, 0.05) is 17.9 Å². The minimum absolute atomic E-state index is 0.0225. The second kappa shape index (κ2) is 4.92. The van der Waals surface area contributed by atoms with Gasteiger partial charge < -0.3 is 19.6 Å². The Bertz CT molecular complexity index is 621. The summed E-state index contributed by atoms with van der Waals surface area (Å²) < 4.78 is 10.4. The van der Waals surface area contributed by atoms with E-state index >= 15 is 0 Å². The SMILES string of the molecule is COc1ccc(O)c(NC(=O)[C@@H]2C[C@@H]2c2ccco2)c1. The molecule has 1 fully saturated rings. The Balaban J connectivity index is 1.68. The van der Waals surface area contributed by atoms with Crippen molar-refractivity contribution >= 4 is 11.6 Å². The third-order valence-corrected chi connectivity index (χ3v) is 3.50. The van der Waals surface area contributed by atoms with Gasteiger partial charge in [0.15, 0.2) is 0 Å². The number of furan rings is 1. The van der Waals surface area contributed by atoms with Crippen LogP contribution in [0.25, 0.3) is 0 Å². The summed E-state index contributed by atoms with van der Waals surface area (Å²) in [5.74, 6) is 1.35. The largest absolute Gasteiger partial charge is 0.506 e. The maximum Gasteiger partial charge on any atom is 0.228 e. The molecule has 1 aromatic carbocycles. The van der Waals surface area contributed by atoms with Crippen LogP contribution in [-0.2, 0) is 4.79 Å². The lowest BCUT2D eigenvalue weighted by Gasteiger charge is -2.08. The molecular formula is C15H15NO4. The van der Waals surface area contributed by atoms with Gasteiger partial charge in [0.1, 0.15) is 17.3 Å². The number of hydrogen-bond acceptors (Lipinski definition) is 4. The maximum atomic E-state index is 12.1. The first-order chi connectivity index (χ1) is 9.69. The first-order valence-electron chi connectivity index (χ1n) is 6.40. The summed E-state index contributed by atoms with van der Waals surface area (Å²) in [7, 11) is 1.53. The number of phenols is 1. The van der Waals surface area contributed by atoms with Gasteiger partial charge in [0.2, 0.25) is 5.91 Å². The van der Waals surface area contributed by atoms with Crippen LogP contribution in [0.5, 0.6) is 11.5 Å². The first kappa shape index (κ1) is 12.6. The second-order valence-corrected chi connectivity index (χ2v) is 4.84. The Kier molecular flexibility index (Phi) is 3.10. The average molecular weight is 273 g/mol. The van der Waals surface area contributed by atoms with Crippen molar-refractivity contribution in [2.45, 2.75) is 12.3 Å². The molecule has 0 spiro atoms. The van der Waals surface area contributed by atoms with Gasteiger partial charge in [0.05, 0.1) is 19.1 Å². The van der Waals surface area contributed by atoms with Crippen molar-refractivity contribution in [3.63, 3.8) is 0 Å². The van der Waals surface area contributed by atoms with Crippen LogP contribution in [-0.4, -0.2) is 18.1 Å². The number of hydrogen-bond donors (Lipinski definition) is 2. The smallest absolute Gasteiger partial charge is 0.228 e. The monoisotopic (exact) mass is 273 g/mol. The zero-order valence-corrected chi connectivity index (χ0v) is 11.0. The molecule has 20 heavy (non-hydrogen) atoms. The average Bonchev–Trinajstić information content (AvgIpc) is 3.07. The molecule has 2 aromatic rings. The molecule has 1 amide bonds. The molecule has 2 atom stereocenters. The Morgan fingerprint density at radius 2 is 2.30 bits per heavy atom. The molecule has 1 aromatic heterocycles. The molecule has 1 saturated carbocycles. The van der Waals surface area contributed by atoms with Gasteiger partial charge in [-0.2, -0.15) is 0 Å². The molecule has 5 nitrogen and oxygen atoms in total. The van der Waals surface area contributed by atoms with Crippen LogP contribution in [0.3, 0.4) is 0 Å². The summed E-state index contributed by atoms with van der Waals surface area (Å²) in [6.45, 7) is 0. The van der Waals surface area contributed by atoms with Crippen LogP contribution < -0.4 is 10.1 Å². The highest BCUT2D eigenvalue weighted by atomic mass is 16.5. The van der Waals surface area contributed by atoms with E-state index in [1.165, 1.54) is 13.2 Å². The number of aromatic hydroxyl groups is 1.